The highest BCUT2D eigenvalue weighted by molar-refractivity contribution is 6.14. The number of nitrogens with zero attached hydrogens (tertiary/aromatic N) is 2. The fraction of sp³-hybridized carbons (Fsp3) is 0.143. The fourth-order valence-electron chi connectivity index (χ4n) is 1.60. The van der Waals surface area contributed by atoms with Crippen molar-refractivity contribution in [2.75, 3.05) is 5.32 Å². The first kappa shape index (κ1) is 13.5. The number of aromatic nitrogens is 1. The van der Waals surface area contributed by atoms with Crippen molar-refractivity contribution < 1.29 is 14.1 Å². The number of amides is 1. The van der Waals surface area contributed by atoms with Crippen molar-refractivity contribution in [3.63, 3.8) is 0 Å². The number of Topliss-reactive ketones (excluding diaryl/α,β-unsaturated/α-hetero) is 1. The van der Waals surface area contributed by atoms with Gasteiger partial charge >= 0.3 is 0 Å². The van der Waals surface area contributed by atoms with Crippen molar-refractivity contribution in [1.29, 1.82) is 5.26 Å². The summed E-state index contributed by atoms with van der Waals surface area (Å²) in [5, 5.41) is 15.1. The Balaban J connectivity index is 2.14. The van der Waals surface area contributed by atoms with Gasteiger partial charge in [0.15, 0.2) is 11.6 Å². The van der Waals surface area contributed by atoms with Crippen molar-refractivity contribution >= 4 is 17.4 Å². The molecule has 0 saturated carbocycles. The average molecular weight is 269 g/mol. The normalized spacial score (nSPS) is 11.4. The van der Waals surface area contributed by atoms with Gasteiger partial charge in [0.1, 0.15) is 5.76 Å². The van der Waals surface area contributed by atoms with Gasteiger partial charge in [-0.15, -0.1) is 0 Å². The number of carbonyl (C=O) groups excluding carboxylic acids is 2. The summed E-state index contributed by atoms with van der Waals surface area (Å²) in [7, 11) is 0. The van der Waals surface area contributed by atoms with Gasteiger partial charge < -0.3 is 9.84 Å². The Kier molecular flexibility index (Phi) is 3.91. The predicted octanol–water partition coefficient (Wildman–Crippen LogP) is 1.94. The lowest BCUT2D eigenvalue weighted by Crippen LogP contribution is -2.28. The van der Waals surface area contributed by atoms with Crippen LogP contribution in [-0.2, 0) is 4.79 Å². The first-order valence-electron chi connectivity index (χ1n) is 5.85. The first-order valence-corrected chi connectivity index (χ1v) is 5.85. The Bertz CT molecular complexity index is 670. The van der Waals surface area contributed by atoms with E-state index in [4.69, 9.17) is 9.78 Å². The lowest BCUT2D eigenvalue weighted by atomic mass is 10.0. The van der Waals surface area contributed by atoms with Gasteiger partial charge in [-0.05, 0) is 19.1 Å². The molecular weight excluding hydrogens is 258 g/mol. The summed E-state index contributed by atoms with van der Waals surface area (Å²) < 4.78 is 4.77. The van der Waals surface area contributed by atoms with Crippen molar-refractivity contribution in [3.8, 4) is 6.07 Å². The number of nitriles is 1. The van der Waals surface area contributed by atoms with Crippen LogP contribution in [-0.4, -0.2) is 16.8 Å². The highest BCUT2D eigenvalue weighted by atomic mass is 16.5. The van der Waals surface area contributed by atoms with Crippen LogP contribution in [0.2, 0.25) is 0 Å². The molecule has 6 heteroatoms. The van der Waals surface area contributed by atoms with E-state index >= 15 is 0 Å². The molecule has 0 aliphatic rings. The molecule has 0 spiro atoms. The van der Waals surface area contributed by atoms with Crippen LogP contribution >= 0.6 is 0 Å². The summed E-state index contributed by atoms with van der Waals surface area (Å²) in [4.78, 5) is 24.0. The zero-order chi connectivity index (χ0) is 14.5. The van der Waals surface area contributed by atoms with Gasteiger partial charge in [-0.2, -0.15) is 5.26 Å². The predicted molar refractivity (Wildman–Crippen MR) is 69.7 cm³/mol. The summed E-state index contributed by atoms with van der Waals surface area (Å²) in [5.74, 6) is -2.39. The molecule has 6 nitrogen and oxygen atoms in total. The molecule has 0 saturated heterocycles. The van der Waals surface area contributed by atoms with E-state index in [0.29, 0.717) is 11.4 Å². The highest BCUT2D eigenvalue weighted by Gasteiger charge is 2.29. The Labute approximate surface area is 115 Å². The second-order valence-corrected chi connectivity index (χ2v) is 4.10. The fourth-order valence-corrected chi connectivity index (χ4v) is 1.60. The summed E-state index contributed by atoms with van der Waals surface area (Å²) in [6.07, 6.45) is 0. The third kappa shape index (κ3) is 2.90. The third-order valence-corrected chi connectivity index (χ3v) is 2.58. The maximum Gasteiger partial charge on any atom is 0.249 e. The molecule has 0 fully saturated rings. The van der Waals surface area contributed by atoms with Crippen molar-refractivity contribution in [2.45, 2.75) is 6.92 Å². The molecule has 0 aliphatic heterocycles. The topological polar surface area (TPSA) is 96.0 Å². The number of ketones is 1. The zero-order valence-corrected chi connectivity index (χ0v) is 10.7. The largest absolute Gasteiger partial charge is 0.361 e. The maximum atomic E-state index is 12.0. The molecule has 2 rings (SSSR count). The van der Waals surface area contributed by atoms with Gasteiger partial charge in [0.25, 0.3) is 0 Å². The van der Waals surface area contributed by atoms with Crippen molar-refractivity contribution in [2.24, 2.45) is 5.92 Å². The maximum absolute atomic E-state index is 12.0. The van der Waals surface area contributed by atoms with Gasteiger partial charge in [0.2, 0.25) is 11.7 Å². The van der Waals surface area contributed by atoms with E-state index in [0.717, 1.165) is 0 Å². The Morgan fingerprint density at radius 3 is 2.60 bits per heavy atom. The Morgan fingerprint density at radius 1 is 1.35 bits per heavy atom. The average Bonchev–Trinajstić information content (AvgIpc) is 2.87. The zero-order valence-electron chi connectivity index (χ0n) is 10.7. The summed E-state index contributed by atoms with van der Waals surface area (Å²) >= 11 is 0. The molecule has 2 aromatic rings. The van der Waals surface area contributed by atoms with E-state index in [9.17, 15) is 9.59 Å². The number of hydrogen-bond acceptors (Lipinski definition) is 5. The van der Waals surface area contributed by atoms with Gasteiger partial charge in [0.05, 0.1) is 6.07 Å². The number of anilines is 1. The molecule has 1 unspecified atom stereocenters. The van der Waals surface area contributed by atoms with E-state index < -0.39 is 17.6 Å². The van der Waals surface area contributed by atoms with Crippen LogP contribution in [0.5, 0.6) is 0 Å². The molecule has 100 valence electrons. The number of hydrogen-bond donors (Lipinski definition) is 1. The molecular formula is C14H11N3O3. The molecule has 1 amide bonds. The van der Waals surface area contributed by atoms with Crippen LogP contribution in [0.1, 0.15) is 16.2 Å². The lowest BCUT2D eigenvalue weighted by Gasteiger charge is -2.07. The van der Waals surface area contributed by atoms with Gasteiger partial charge in [-0.1, -0.05) is 23.4 Å². The third-order valence-electron chi connectivity index (χ3n) is 2.58. The summed E-state index contributed by atoms with van der Waals surface area (Å²) in [6.45, 7) is 1.62. The van der Waals surface area contributed by atoms with Gasteiger partial charge in [-0.25, -0.2) is 0 Å². The lowest BCUT2D eigenvalue weighted by molar-refractivity contribution is -0.117. The Hall–Kier alpha value is -2.94. The van der Waals surface area contributed by atoms with E-state index in [2.05, 4.69) is 10.5 Å². The molecule has 20 heavy (non-hydrogen) atoms. The molecule has 0 radical (unpaired) electrons. The van der Waals surface area contributed by atoms with E-state index in [1.807, 2.05) is 0 Å². The number of rotatable bonds is 4. The van der Waals surface area contributed by atoms with Crippen molar-refractivity contribution in [3.05, 3.63) is 47.9 Å². The minimum absolute atomic E-state index is 0.0303. The molecule has 1 heterocycles. The van der Waals surface area contributed by atoms with Gasteiger partial charge in [0, 0.05) is 11.8 Å². The SMILES string of the molecule is Cc1cc(C(=O)C(C#N)C(=O)Nc2ccccc2)no1. The minimum Gasteiger partial charge on any atom is -0.361 e. The molecule has 0 aliphatic carbocycles. The van der Waals surface area contributed by atoms with Crippen molar-refractivity contribution in [1.82, 2.24) is 5.16 Å². The van der Waals surface area contributed by atoms with E-state index in [-0.39, 0.29) is 5.69 Å². The van der Waals surface area contributed by atoms with E-state index in [1.54, 1.807) is 43.3 Å². The summed E-state index contributed by atoms with van der Waals surface area (Å²) in [5.41, 5.74) is 0.485. The molecule has 1 atom stereocenters. The van der Waals surface area contributed by atoms with Gasteiger partial charge in [-0.3, -0.25) is 9.59 Å². The molecule has 0 bridgehead atoms. The number of aryl methyl sites for hydroxylation is 1. The van der Waals surface area contributed by atoms with Crippen LogP contribution in [0.15, 0.2) is 40.9 Å². The van der Waals surface area contributed by atoms with Crippen LogP contribution in [0.4, 0.5) is 5.69 Å². The highest BCUT2D eigenvalue weighted by Crippen LogP contribution is 2.13. The summed E-state index contributed by atoms with van der Waals surface area (Å²) in [6, 6.07) is 11.7. The van der Waals surface area contributed by atoms with Crippen LogP contribution in [0.25, 0.3) is 0 Å². The van der Waals surface area contributed by atoms with Crippen LogP contribution < -0.4 is 5.32 Å². The molecule has 1 aromatic heterocycles. The Morgan fingerprint density at radius 2 is 2.05 bits per heavy atom. The quantitative estimate of drug-likeness (QED) is 0.676. The molecule has 1 aromatic carbocycles. The number of carbonyl (C=O) groups is 2. The van der Waals surface area contributed by atoms with Crippen LogP contribution in [0.3, 0.4) is 0 Å². The van der Waals surface area contributed by atoms with E-state index in [1.165, 1.54) is 6.07 Å². The second kappa shape index (κ2) is 5.80. The first-order chi connectivity index (χ1) is 9.61. The second-order valence-electron chi connectivity index (χ2n) is 4.10. The number of benzene rings is 1. The number of para-hydroxylation sites is 1. The monoisotopic (exact) mass is 269 g/mol. The van der Waals surface area contributed by atoms with Crippen LogP contribution in [0, 0.1) is 24.2 Å². The standard InChI is InChI=1S/C14H11N3O3/c1-9-7-12(17-20-9)13(18)11(8-15)14(19)16-10-5-3-2-4-6-10/h2-7,11H,1H3,(H,16,19). The number of nitrogens with one attached hydrogen (secondary N) is 1. The smallest absolute Gasteiger partial charge is 0.249 e. The minimum atomic E-state index is -1.46. The molecule has 1 N–H and O–H groups in total.